The standard InChI is InChI=1S/C21H22BrN5O3S/c1-4-27-20(15-7-5-13(2)6-8-15)25-26-21(27)31-12-18(28)24-23-11-14-9-16(22)19(29)17(10-14)30-3/h5-11,29H,4,12H2,1-3H3,(H,24,28). The average molecular weight is 504 g/mol. The number of aryl methyl sites for hydroxylation is 1. The number of carbonyl (C=O) groups is 1. The van der Waals surface area contributed by atoms with Gasteiger partial charge in [0.1, 0.15) is 0 Å². The van der Waals surface area contributed by atoms with Gasteiger partial charge in [0.25, 0.3) is 5.91 Å². The lowest BCUT2D eigenvalue weighted by Crippen LogP contribution is -2.20. The van der Waals surface area contributed by atoms with Crippen molar-refractivity contribution in [1.82, 2.24) is 20.2 Å². The molecule has 162 valence electrons. The van der Waals surface area contributed by atoms with E-state index < -0.39 is 0 Å². The molecule has 0 spiro atoms. The maximum absolute atomic E-state index is 12.2. The molecule has 0 atom stereocenters. The molecule has 3 aromatic rings. The fourth-order valence-corrected chi connectivity index (χ4v) is 4.02. The van der Waals surface area contributed by atoms with E-state index in [9.17, 15) is 9.90 Å². The molecular formula is C21H22BrN5O3S. The van der Waals surface area contributed by atoms with Crippen LogP contribution < -0.4 is 10.2 Å². The second-order valence-electron chi connectivity index (χ2n) is 6.55. The molecule has 2 N–H and O–H groups in total. The van der Waals surface area contributed by atoms with Gasteiger partial charge < -0.3 is 14.4 Å². The van der Waals surface area contributed by atoms with Crippen molar-refractivity contribution in [2.24, 2.45) is 5.10 Å². The number of hydrazone groups is 1. The maximum atomic E-state index is 12.2. The highest BCUT2D eigenvalue weighted by Crippen LogP contribution is 2.34. The largest absolute Gasteiger partial charge is 0.503 e. The molecule has 1 heterocycles. The minimum atomic E-state index is -0.270. The van der Waals surface area contributed by atoms with Crippen LogP contribution in [0.5, 0.6) is 11.5 Å². The van der Waals surface area contributed by atoms with Crippen LogP contribution in [0.4, 0.5) is 0 Å². The van der Waals surface area contributed by atoms with Gasteiger partial charge in [-0.25, -0.2) is 5.43 Å². The fraction of sp³-hybridized carbons (Fsp3) is 0.238. The summed E-state index contributed by atoms with van der Waals surface area (Å²) in [7, 11) is 1.46. The van der Waals surface area contributed by atoms with E-state index in [-0.39, 0.29) is 17.4 Å². The SMILES string of the molecule is CCn1c(SCC(=O)NN=Cc2cc(Br)c(O)c(OC)c2)nnc1-c1ccc(C)cc1. The third kappa shape index (κ3) is 5.65. The molecular weight excluding hydrogens is 482 g/mol. The Kier molecular flexibility index (Phi) is 7.69. The van der Waals surface area contributed by atoms with Crippen LogP contribution >= 0.6 is 27.7 Å². The Morgan fingerprint density at radius 3 is 2.74 bits per heavy atom. The Morgan fingerprint density at radius 1 is 1.32 bits per heavy atom. The zero-order valence-corrected chi connectivity index (χ0v) is 19.7. The third-order valence-corrected chi connectivity index (χ3v) is 5.92. The number of phenols is 1. The highest BCUT2D eigenvalue weighted by Gasteiger charge is 2.14. The number of ether oxygens (including phenoxy) is 1. The fourth-order valence-electron chi connectivity index (χ4n) is 2.76. The summed E-state index contributed by atoms with van der Waals surface area (Å²) in [6, 6.07) is 11.4. The minimum absolute atomic E-state index is 0.00475. The summed E-state index contributed by atoms with van der Waals surface area (Å²) in [6.45, 7) is 4.74. The van der Waals surface area contributed by atoms with E-state index >= 15 is 0 Å². The summed E-state index contributed by atoms with van der Waals surface area (Å²) in [4.78, 5) is 12.2. The van der Waals surface area contributed by atoms with Crippen molar-refractivity contribution in [2.75, 3.05) is 12.9 Å². The van der Waals surface area contributed by atoms with Crippen LogP contribution in [0.1, 0.15) is 18.1 Å². The van der Waals surface area contributed by atoms with Gasteiger partial charge in [0.2, 0.25) is 0 Å². The normalized spacial score (nSPS) is 11.1. The number of carbonyl (C=O) groups excluding carboxylic acids is 1. The molecule has 0 saturated carbocycles. The zero-order chi connectivity index (χ0) is 22.4. The van der Waals surface area contributed by atoms with Crippen LogP contribution in [0.3, 0.4) is 0 Å². The smallest absolute Gasteiger partial charge is 0.250 e. The van der Waals surface area contributed by atoms with Crippen molar-refractivity contribution in [3.8, 4) is 22.9 Å². The molecule has 10 heteroatoms. The van der Waals surface area contributed by atoms with E-state index in [1.54, 1.807) is 12.1 Å². The van der Waals surface area contributed by atoms with E-state index in [2.05, 4.69) is 36.7 Å². The van der Waals surface area contributed by atoms with E-state index in [1.165, 1.54) is 30.6 Å². The Balaban J connectivity index is 1.61. The van der Waals surface area contributed by atoms with Crippen molar-refractivity contribution in [2.45, 2.75) is 25.5 Å². The number of amides is 1. The first kappa shape index (κ1) is 22.8. The van der Waals surface area contributed by atoms with Crippen molar-refractivity contribution >= 4 is 39.8 Å². The maximum Gasteiger partial charge on any atom is 0.250 e. The first-order chi connectivity index (χ1) is 14.9. The molecule has 0 aliphatic carbocycles. The summed E-state index contributed by atoms with van der Waals surface area (Å²) in [5.41, 5.74) is 5.30. The molecule has 0 bridgehead atoms. The van der Waals surface area contributed by atoms with Gasteiger partial charge >= 0.3 is 0 Å². The molecule has 0 unspecified atom stereocenters. The summed E-state index contributed by atoms with van der Waals surface area (Å²) < 4.78 is 7.54. The van der Waals surface area contributed by atoms with Gasteiger partial charge in [-0.3, -0.25) is 4.79 Å². The molecule has 0 aliphatic heterocycles. The van der Waals surface area contributed by atoms with Gasteiger partial charge in [0, 0.05) is 12.1 Å². The number of phenolic OH excluding ortho intramolecular Hbond substituents is 1. The highest BCUT2D eigenvalue weighted by molar-refractivity contribution is 9.10. The Morgan fingerprint density at radius 2 is 2.06 bits per heavy atom. The zero-order valence-electron chi connectivity index (χ0n) is 17.3. The first-order valence-electron chi connectivity index (χ1n) is 9.44. The predicted octanol–water partition coefficient (Wildman–Crippen LogP) is 3.99. The first-order valence-corrected chi connectivity index (χ1v) is 11.2. The molecule has 0 saturated heterocycles. The van der Waals surface area contributed by atoms with E-state index in [1.807, 2.05) is 42.7 Å². The second kappa shape index (κ2) is 10.5. The van der Waals surface area contributed by atoms with Gasteiger partial charge in [-0.2, -0.15) is 5.10 Å². The van der Waals surface area contributed by atoms with Crippen LogP contribution in [0.15, 0.2) is 51.1 Å². The minimum Gasteiger partial charge on any atom is -0.503 e. The number of halogens is 1. The summed E-state index contributed by atoms with van der Waals surface area (Å²) >= 11 is 4.55. The van der Waals surface area contributed by atoms with E-state index in [0.717, 1.165) is 11.4 Å². The molecule has 3 rings (SSSR count). The number of aromatic nitrogens is 3. The molecule has 0 fully saturated rings. The molecule has 1 aromatic heterocycles. The van der Waals surface area contributed by atoms with Crippen LogP contribution in [-0.4, -0.2) is 44.9 Å². The Labute approximate surface area is 192 Å². The lowest BCUT2D eigenvalue weighted by Gasteiger charge is -2.07. The molecule has 31 heavy (non-hydrogen) atoms. The summed E-state index contributed by atoms with van der Waals surface area (Å²) in [5.74, 6) is 0.960. The van der Waals surface area contributed by atoms with Crippen LogP contribution in [0.25, 0.3) is 11.4 Å². The van der Waals surface area contributed by atoms with Crippen molar-refractivity contribution in [3.05, 3.63) is 52.0 Å². The van der Waals surface area contributed by atoms with Crippen molar-refractivity contribution in [3.63, 3.8) is 0 Å². The average Bonchev–Trinajstić information content (AvgIpc) is 3.18. The van der Waals surface area contributed by atoms with Crippen LogP contribution in [0.2, 0.25) is 0 Å². The molecule has 8 nitrogen and oxygen atoms in total. The Hall–Kier alpha value is -2.85. The van der Waals surface area contributed by atoms with Gasteiger partial charge in [-0.05, 0) is 47.5 Å². The number of benzene rings is 2. The van der Waals surface area contributed by atoms with Gasteiger partial charge in [0.15, 0.2) is 22.5 Å². The molecule has 1 amide bonds. The molecule has 0 aliphatic rings. The van der Waals surface area contributed by atoms with E-state index in [0.29, 0.717) is 27.5 Å². The number of rotatable bonds is 8. The number of nitrogens with zero attached hydrogens (tertiary/aromatic N) is 4. The van der Waals surface area contributed by atoms with Gasteiger partial charge in [-0.1, -0.05) is 41.6 Å². The predicted molar refractivity (Wildman–Crippen MR) is 125 cm³/mol. The summed E-state index contributed by atoms with van der Waals surface area (Å²) in [5, 5.41) is 23.0. The van der Waals surface area contributed by atoms with Crippen molar-refractivity contribution in [1.29, 1.82) is 0 Å². The quantitative estimate of drug-likeness (QED) is 0.273. The van der Waals surface area contributed by atoms with E-state index in [4.69, 9.17) is 4.74 Å². The number of nitrogens with one attached hydrogen (secondary N) is 1. The monoisotopic (exact) mass is 503 g/mol. The molecule has 2 aromatic carbocycles. The lowest BCUT2D eigenvalue weighted by atomic mass is 10.1. The number of hydrogen-bond acceptors (Lipinski definition) is 7. The molecule has 0 radical (unpaired) electrons. The topological polar surface area (TPSA) is 102 Å². The van der Waals surface area contributed by atoms with Crippen molar-refractivity contribution < 1.29 is 14.6 Å². The van der Waals surface area contributed by atoms with Crippen LogP contribution in [0, 0.1) is 6.92 Å². The number of methoxy groups -OCH3 is 1. The number of thioether (sulfide) groups is 1. The van der Waals surface area contributed by atoms with Gasteiger partial charge in [0.05, 0.1) is 23.5 Å². The lowest BCUT2D eigenvalue weighted by molar-refractivity contribution is -0.118. The number of hydrogen-bond donors (Lipinski definition) is 2. The second-order valence-corrected chi connectivity index (χ2v) is 8.35. The number of aromatic hydroxyl groups is 1. The van der Waals surface area contributed by atoms with Gasteiger partial charge in [-0.15, -0.1) is 10.2 Å². The highest BCUT2D eigenvalue weighted by atomic mass is 79.9. The third-order valence-electron chi connectivity index (χ3n) is 4.35. The van der Waals surface area contributed by atoms with Crippen LogP contribution in [-0.2, 0) is 11.3 Å². The Bertz CT molecular complexity index is 1100. The summed E-state index contributed by atoms with van der Waals surface area (Å²) in [6.07, 6.45) is 1.47.